The first-order valence-corrected chi connectivity index (χ1v) is 9.01. The molecule has 0 fully saturated rings. The molecule has 0 amide bonds. The second-order valence-corrected chi connectivity index (χ2v) is 6.80. The molecule has 2 unspecified atom stereocenters. The van der Waals surface area contributed by atoms with Crippen molar-refractivity contribution in [2.45, 2.75) is 52.6 Å². The average molecular weight is 329 g/mol. The van der Waals surface area contributed by atoms with Crippen molar-refractivity contribution in [3.8, 4) is 0 Å². The van der Waals surface area contributed by atoms with Crippen molar-refractivity contribution in [3.05, 3.63) is 29.6 Å². The fraction of sp³-hybridized carbons (Fsp3) is 0.632. The van der Waals surface area contributed by atoms with Gasteiger partial charge in [-0.05, 0) is 24.0 Å². The van der Waals surface area contributed by atoms with Crippen molar-refractivity contribution in [2.24, 2.45) is 21.8 Å². The molecule has 24 heavy (non-hydrogen) atoms. The van der Waals surface area contributed by atoms with E-state index in [1.807, 2.05) is 18.2 Å². The summed E-state index contributed by atoms with van der Waals surface area (Å²) in [4.78, 5) is 14.1. The first-order valence-electron chi connectivity index (χ1n) is 9.01. The molecule has 3 heterocycles. The highest BCUT2D eigenvalue weighted by molar-refractivity contribution is 5.97. The molecule has 0 saturated heterocycles. The molecule has 2 aliphatic heterocycles. The molecular formula is C19H27N3O2. The van der Waals surface area contributed by atoms with Gasteiger partial charge in [0.15, 0.2) is 0 Å². The van der Waals surface area contributed by atoms with Crippen molar-refractivity contribution < 1.29 is 9.47 Å². The van der Waals surface area contributed by atoms with Crippen molar-refractivity contribution >= 4 is 11.8 Å². The predicted molar refractivity (Wildman–Crippen MR) is 95.7 cm³/mol. The van der Waals surface area contributed by atoms with Gasteiger partial charge in [-0.15, -0.1) is 0 Å². The molecule has 0 saturated carbocycles. The topological polar surface area (TPSA) is 56.1 Å². The molecule has 3 rings (SSSR count). The Hall–Kier alpha value is -1.91. The highest BCUT2D eigenvalue weighted by Gasteiger charge is 2.27. The molecule has 5 nitrogen and oxygen atoms in total. The lowest BCUT2D eigenvalue weighted by atomic mass is 10.0. The van der Waals surface area contributed by atoms with E-state index in [9.17, 15) is 0 Å². The van der Waals surface area contributed by atoms with E-state index in [1.165, 1.54) is 0 Å². The van der Waals surface area contributed by atoms with Crippen molar-refractivity contribution in [3.63, 3.8) is 0 Å². The molecule has 0 spiro atoms. The summed E-state index contributed by atoms with van der Waals surface area (Å²) in [5, 5.41) is 0. The molecular weight excluding hydrogens is 302 g/mol. The summed E-state index contributed by atoms with van der Waals surface area (Å²) in [6, 6.07) is 6.28. The zero-order valence-corrected chi connectivity index (χ0v) is 15.0. The number of aromatic nitrogens is 1. The maximum absolute atomic E-state index is 5.78. The summed E-state index contributed by atoms with van der Waals surface area (Å²) in [6.07, 6.45) is 2.19. The van der Waals surface area contributed by atoms with Crippen LogP contribution in [0.25, 0.3) is 0 Å². The van der Waals surface area contributed by atoms with Crippen molar-refractivity contribution in [1.29, 1.82) is 0 Å². The summed E-state index contributed by atoms with van der Waals surface area (Å²) in [5.74, 6) is 2.31. The largest absolute Gasteiger partial charge is 0.474 e. The Morgan fingerprint density at radius 3 is 1.79 bits per heavy atom. The van der Waals surface area contributed by atoms with E-state index < -0.39 is 0 Å². The van der Waals surface area contributed by atoms with Gasteiger partial charge in [0.1, 0.15) is 24.6 Å². The molecule has 1 aromatic heterocycles. The molecule has 0 N–H and O–H groups in total. The first kappa shape index (κ1) is 16.9. The molecule has 5 heteroatoms. The van der Waals surface area contributed by atoms with Crippen LogP contribution in [0.5, 0.6) is 0 Å². The van der Waals surface area contributed by atoms with Crippen LogP contribution in [0.15, 0.2) is 28.2 Å². The lowest BCUT2D eigenvalue weighted by Gasteiger charge is -2.11. The van der Waals surface area contributed by atoms with Crippen LogP contribution in [0, 0.1) is 11.8 Å². The van der Waals surface area contributed by atoms with Crippen LogP contribution in [0.4, 0.5) is 0 Å². The quantitative estimate of drug-likeness (QED) is 0.803. The van der Waals surface area contributed by atoms with E-state index >= 15 is 0 Å². The summed E-state index contributed by atoms with van der Waals surface area (Å²) in [6.45, 7) is 10.1. The maximum atomic E-state index is 5.78. The SMILES string of the molecule is CCC(C)[C@@H]1COC(c2cccc(C3=N[C@H](C(C)CC)CO3)n2)=N1. The Bertz CT molecular complexity index is 590. The van der Waals surface area contributed by atoms with E-state index in [2.05, 4.69) is 32.7 Å². The third-order valence-electron chi connectivity index (χ3n) is 5.14. The van der Waals surface area contributed by atoms with Gasteiger partial charge in [0.25, 0.3) is 0 Å². The van der Waals surface area contributed by atoms with Crippen LogP contribution >= 0.6 is 0 Å². The average Bonchev–Trinajstić information content (AvgIpc) is 3.30. The number of nitrogens with zero attached hydrogens (tertiary/aromatic N) is 3. The molecule has 0 aliphatic carbocycles. The molecule has 4 atom stereocenters. The Kier molecular flexibility index (Phi) is 5.17. The van der Waals surface area contributed by atoms with E-state index in [1.54, 1.807) is 0 Å². The lowest BCUT2D eigenvalue weighted by Crippen LogP contribution is -2.16. The molecule has 0 aromatic carbocycles. The van der Waals surface area contributed by atoms with Gasteiger partial charge in [0.05, 0.1) is 12.1 Å². The van der Waals surface area contributed by atoms with Crippen LogP contribution in [-0.2, 0) is 9.47 Å². The number of hydrogen-bond donors (Lipinski definition) is 0. The van der Waals surface area contributed by atoms with Crippen LogP contribution in [0.3, 0.4) is 0 Å². The van der Waals surface area contributed by atoms with Crippen LogP contribution in [0.1, 0.15) is 51.9 Å². The number of aliphatic imine (C=N–C) groups is 2. The third-order valence-corrected chi connectivity index (χ3v) is 5.14. The van der Waals surface area contributed by atoms with Gasteiger partial charge in [-0.3, -0.25) is 0 Å². The Balaban J connectivity index is 1.78. The van der Waals surface area contributed by atoms with Crippen molar-refractivity contribution in [2.75, 3.05) is 13.2 Å². The maximum Gasteiger partial charge on any atom is 0.235 e. The van der Waals surface area contributed by atoms with Gasteiger partial charge in [0.2, 0.25) is 11.8 Å². The summed E-state index contributed by atoms with van der Waals surface area (Å²) < 4.78 is 11.6. The first-order chi connectivity index (χ1) is 11.6. The Morgan fingerprint density at radius 2 is 1.38 bits per heavy atom. The van der Waals surface area contributed by atoms with Gasteiger partial charge >= 0.3 is 0 Å². The van der Waals surface area contributed by atoms with Crippen LogP contribution in [-0.4, -0.2) is 42.1 Å². The van der Waals surface area contributed by atoms with E-state index in [0.717, 1.165) is 24.2 Å². The molecule has 0 bridgehead atoms. The van der Waals surface area contributed by atoms with Crippen LogP contribution < -0.4 is 0 Å². The standard InChI is InChI=1S/C19H27N3O2/c1-5-12(3)16-10-23-18(21-16)14-8-7-9-15(20-14)19-22-17(11-24-19)13(4)6-2/h7-9,12-13,16-17H,5-6,10-11H2,1-4H3/t12?,13?,16-,17-/m0/s1. The fourth-order valence-corrected chi connectivity index (χ4v) is 2.86. The van der Waals surface area contributed by atoms with Gasteiger partial charge in [-0.25, -0.2) is 15.0 Å². The summed E-state index contributed by atoms with van der Waals surface area (Å²) >= 11 is 0. The predicted octanol–water partition coefficient (Wildman–Crippen LogP) is 3.46. The van der Waals surface area contributed by atoms with Gasteiger partial charge in [-0.1, -0.05) is 46.6 Å². The normalized spacial score (nSPS) is 25.5. The fourth-order valence-electron chi connectivity index (χ4n) is 2.86. The monoisotopic (exact) mass is 329 g/mol. The minimum absolute atomic E-state index is 0.227. The molecule has 2 aliphatic rings. The number of pyridine rings is 1. The Morgan fingerprint density at radius 1 is 0.917 bits per heavy atom. The second kappa shape index (κ2) is 7.32. The lowest BCUT2D eigenvalue weighted by molar-refractivity contribution is 0.281. The zero-order valence-electron chi connectivity index (χ0n) is 15.0. The third kappa shape index (κ3) is 3.45. The zero-order chi connectivity index (χ0) is 17.1. The van der Waals surface area contributed by atoms with Gasteiger partial charge in [0, 0.05) is 0 Å². The number of ether oxygens (including phenoxy) is 2. The van der Waals surface area contributed by atoms with Crippen molar-refractivity contribution in [1.82, 2.24) is 4.98 Å². The molecule has 0 radical (unpaired) electrons. The number of hydrogen-bond acceptors (Lipinski definition) is 5. The second-order valence-electron chi connectivity index (χ2n) is 6.80. The highest BCUT2D eigenvalue weighted by atomic mass is 16.5. The minimum atomic E-state index is 0.227. The number of rotatable bonds is 6. The van der Waals surface area contributed by atoms with Gasteiger partial charge < -0.3 is 9.47 Å². The molecule has 130 valence electrons. The highest BCUT2D eigenvalue weighted by Crippen LogP contribution is 2.21. The van der Waals surface area contributed by atoms with Crippen LogP contribution in [0.2, 0.25) is 0 Å². The smallest absolute Gasteiger partial charge is 0.235 e. The Labute approximate surface area is 144 Å². The van der Waals surface area contributed by atoms with E-state index in [-0.39, 0.29) is 12.1 Å². The summed E-state index contributed by atoms with van der Waals surface area (Å²) in [7, 11) is 0. The molecule has 1 aromatic rings. The summed E-state index contributed by atoms with van der Waals surface area (Å²) in [5.41, 5.74) is 1.52. The van der Waals surface area contributed by atoms with Gasteiger partial charge in [-0.2, -0.15) is 0 Å². The van der Waals surface area contributed by atoms with E-state index in [0.29, 0.717) is 36.8 Å². The minimum Gasteiger partial charge on any atom is -0.474 e. The van der Waals surface area contributed by atoms with E-state index in [4.69, 9.17) is 19.5 Å².